The van der Waals surface area contributed by atoms with Crippen LogP contribution in [0.15, 0.2) is 9.98 Å². The Bertz CT molecular complexity index is 222. The smallest absolute Gasteiger partial charge is 0.218 e. The van der Waals surface area contributed by atoms with Gasteiger partial charge < -0.3 is 16.4 Å². The van der Waals surface area contributed by atoms with Crippen molar-refractivity contribution in [3.05, 3.63) is 0 Å². The van der Waals surface area contributed by atoms with Crippen molar-refractivity contribution in [2.45, 2.75) is 32.6 Å². The second kappa shape index (κ2) is 8.08. The fourth-order valence-electron chi connectivity index (χ4n) is 1.14. The van der Waals surface area contributed by atoms with E-state index in [2.05, 4.69) is 16.9 Å². The maximum atomic E-state index is 5.72. The Morgan fingerprint density at radius 2 is 1.87 bits per heavy atom. The molecule has 0 aliphatic heterocycles. The summed E-state index contributed by atoms with van der Waals surface area (Å²) in [7, 11) is 3.50. The molecule has 0 radical (unpaired) electrons. The van der Waals surface area contributed by atoms with Gasteiger partial charge in [0.15, 0.2) is 5.96 Å². The van der Waals surface area contributed by atoms with Crippen LogP contribution in [-0.2, 0) is 0 Å². The molecule has 0 aromatic heterocycles. The standard InChI is InChI=1S/C10H23N5/c1-4-5-6-7-8-15(3)10(12)14-9(11)13-2/h4-8H2,1-3H3,(H4,11,12,13,14). The maximum Gasteiger partial charge on any atom is 0.218 e. The first kappa shape index (κ1) is 13.7. The minimum Gasteiger partial charge on any atom is -0.369 e. The second-order valence-electron chi connectivity index (χ2n) is 3.53. The van der Waals surface area contributed by atoms with Crippen LogP contribution in [0.25, 0.3) is 0 Å². The largest absolute Gasteiger partial charge is 0.369 e. The minimum absolute atomic E-state index is 0.216. The number of hydrogen-bond donors (Lipinski definition) is 2. The molecule has 15 heavy (non-hydrogen) atoms. The van der Waals surface area contributed by atoms with E-state index in [9.17, 15) is 0 Å². The molecule has 0 saturated carbocycles. The van der Waals surface area contributed by atoms with Gasteiger partial charge in [0.2, 0.25) is 5.96 Å². The van der Waals surface area contributed by atoms with Crippen LogP contribution < -0.4 is 11.5 Å². The molecule has 0 aliphatic carbocycles. The van der Waals surface area contributed by atoms with Crippen LogP contribution in [0.2, 0.25) is 0 Å². The topological polar surface area (TPSA) is 80.0 Å². The summed E-state index contributed by atoms with van der Waals surface area (Å²) in [5, 5.41) is 0. The van der Waals surface area contributed by atoms with Gasteiger partial charge in [0, 0.05) is 20.6 Å². The van der Waals surface area contributed by atoms with Gasteiger partial charge in [-0.05, 0) is 6.42 Å². The molecule has 0 bridgehead atoms. The summed E-state index contributed by atoms with van der Waals surface area (Å²) in [5.74, 6) is 0.641. The lowest BCUT2D eigenvalue weighted by molar-refractivity contribution is 0.467. The summed E-state index contributed by atoms with van der Waals surface area (Å²) in [6, 6.07) is 0. The van der Waals surface area contributed by atoms with Crippen molar-refractivity contribution >= 4 is 11.9 Å². The molecule has 88 valence electrons. The average molecular weight is 213 g/mol. The number of aliphatic imine (C=N–C) groups is 2. The number of guanidine groups is 2. The Morgan fingerprint density at radius 3 is 2.40 bits per heavy atom. The van der Waals surface area contributed by atoms with Crippen LogP contribution in [0, 0.1) is 0 Å². The van der Waals surface area contributed by atoms with Crippen LogP contribution in [0.4, 0.5) is 0 Å². The lowest BCUT2D eigenvalue weighted by Gasteiger charge is -2.17. The van der Waals surface area contributed by atoms with Gasteiger partial charge in [-0.15, -0.1) is 0 Å². The van der Waals surface area contributed by atoms with E-state index >= 15 is 0 Å². The van der Waals surface area contributed by atoms with E-state index < -0.39 is 0 Å². The van der Waals surface area contributed by atoms with E-state index in [1.54, 1.807) is 7.05 Å². The zero-order valence-electron chi connectivity index (χ0n) is 10.0. The normalized spacial score (nSPS) is 13.0. The van der Waals surface area contributed by atoms with Gasteiger partial charge in [-0.1, -0.05) is 26.2 Å². The van der Waals surface area contributed by atoms with E-state index in [4.69, 9.17) is 11.5 Å². The highest BCUT2D eigenvalue weighted by Crippen LogP contribution is 1.99. The first-order valence-corrected chi connectivity index (χ1v) is 5.39. The molecule has 5 nitrogen and oxygen atoms in total. The summed E-state index contributed by atoms with van der Waals surface area (Å²) in [4.78, 5) is 9.56. The third kappa shape index (κ3) is 6.76. The lowest BCUT2D eigenvalue weighted by Crippen LogP contribution is -2.36. The van der Waals surface area contributed by atoms with Gasteiger partial charge in [0.1, 0.15) is 0 Å². The number of nitrogens with zero attached hydrogens (tertiary/aromatic N) is 3. The first-order chi connectivity index (χ1) is 7.11. The number of nitrogens with two attached hydrogens (primary N) is 2. The summed E-state index contributed by atoms with van der Waals surface area (Å²) in [6.45, 7) is 3.10. The molecule has 0 rings (SSSR count). The van der Waals surface area contributed by atoms with Crippen molar-refractivity contribution in [2.75, 3.05) is 20.6 Å². The van der Waals surface area contributed by atoms with Crippen LogP contribution in [0.1, 0.15) is 32.6 Å². The molecule has 0 atom stereocenters. The Morgan fingerprint density at radius 1 is 1.20 bits per heavy atom. The molecule has 0 aromatic carbocycles. The fourth-order valence-corrected chi connectivity index (χ4v) is 1.14. The third-order valence-corrected chi connectivity index (χ3v) is 2.20. The van der Waals surface area contributed by atoms with Gasteiger partial charge in [0.25, 0.3) is 0 Å². The Kier molecular flexibility index (Phi) is 7.40. The minimum atomic E-state index is 0.216. The Balaban J connectivity index is 3.88. The van der Waals surface area contributed by atoms with Crippen molar-refractivity contribution < 1.29 is 0 Å². The van der Waals surface area contributed by atoms with Crippen LogP contribution in [-0.4, -0.2) is 37.5 Å². The van der Waals surface area contributed by atoms with Crippen molar-refractivity contribution in [3.8, 4) is 0 Å². The molecular weight excluding hydrogens is 190 g/mol. The highest BCUT2D eigenvalue weighted by atomic mass is 15.2. The predicted molar refractivity (Wildman–Crippen MR) is 65.9 cm³/mol. The third-order valence-electron chi connectivity index (χ3n) is 2.20. The van der Waals surface area contributed by atoms with Crippen LogP contribution in [0.3, 0.4) is 0 Å². The Labute approximate surface area is 92.3 Å². The van der Waals surface area contributed by atoms with E-state index in [1.807, 2.05) is 11.9 Å². The van der Waals surface area contributed by atoms with Crippen LogP contribution >= 0.6 is 0 Å². The van der Waals surface area contributed by atoms with Gasteiger partial charge in [-0.2, -0.15) is 4.99 Å². The maximum absolute atomic E-state index is 5.72. The summed E-state index contributed by atoms with van der Waals surface area (Å²) >= 11 is 0. The second-order valence-corrected chi connectivity index (χ2v) is 3.53. The van der Waals surface area contributed by atoms with Crippen LogP contribution in [0.5, 0.6) is 0 Å². The molecular formula is C10H23N5. The summed E-state index contributed by atoms with van der Waals surface area (Å²) < 4.78 is 0. The number of unbranched alkanes of at least 4 members (excludes halogenated alkanes) is 3. The molecule has 0 fully saturated rings. The average Bonchev–Trinajstić information content (AvgIpc) is 2.23. The van der Waals surface area contributed by atoms with E-state index in [0.717, 1.165) is 13.0 Å². The fraction of sp³-hybridized carbons (Fsp3) is 0.800. The van der Waals surface area contributed by atoms with E-state index in [-0.39, 0.29) is 5.96 Å². The molecule has 0 spiro atoms. The van der Waals surface area contributed by atoms with Gasteiger partial charge >= 0.3 is 0 Å². The Hall–Kier alpha value is -1.26. The van der Waals surface area contributed by atoms with Gasteiger partial charge in [-0.3, -0.25) is 4.99 Å². The molecule has 0 aliphatic rings. The summed E-state index contributed by atoms with van der Waals surface area (Å²) in [6.07, 6.45) is 4.86. The quantitative estimate of drug-likeness (QED) is 0.402. The van der Waals surface area contributed by atoms with Crippen molar-refractivity contribution in [3.63, 3.8) is 0 Å². The molecule has 0 unspecified atom stereocenters. The lowest BCUT2D eigenvalue weighted by atomic mass is 10.2. The molecule has 5 heteroatoms. The van der Waals surface area contributed by atoms with Crippen molar-refractivity contribution in [2.24, 2.45) is 21.5 Å². The van der Waals surface area contributed by atoms with Gasteiger partial charge in [-0.25, -0.2) is 0 Å². The molecule has 0 saturated heterocycles. The summed E-state index contributed by atoms with van der Waals surface area (Å²) in [5.41, 5.74) is 11.2. The van der Waals surface area contributed by atoms with Gasteiger partial charge in [0.05, 0.1) is 0 Å². The predicted octanol–water partition coefficient (Wildman–Crippen LogP) is 0.758. The van der Waals surface area contributed by atoms with Crippen molar-refractivity contribution in [1.29, 1.82) is 0 Å². The zero-order chi connectivity index (χ0) is 11.7. The van der Waals surface area contributed by atoms with Crippen molar-refractivity contribution in [1.82, 2.24) is 4.90 Å². The molecule has 0 amide bonds. The molecule has 0 heterocycles. The zero-order valence-corrected chi connectivity index (χ0v) is 10.0. The van der Waals surface area contributed by atoms with E-state index in [1.165, 1.54) is 19.3 Å². The number of rotatable bonds is 5. The SMILES string of the molecule is CCCCCCN(C)C(N)=NC(N)=NC. The highest BCUT2D eigenvalue weighted by Gasteiger charge is 2.01. The number of hydrogen-bond acceptors (Lipinski definition) is 1. The molecule has 4 N–H and O–H groups in total. The first-order valence-electron chi connectivity index (χ1n) is 5.39. The molecule has 0 aromatic rings. The monoisotopic (exact) mass is 213 g/mol. The highest BCUT2D eigenvalue weighted by molar-refractivity contribution is 5.93. The van der Waals surface area contributed by atoms with E-state index in [0.29, 0.717) is 5.96 Å².